The number of hydrogen-bond donors (Lipinski definition) is 3. The lowest BCUT2D eigenvalue weighted by Gasteiger charge is -2.33. The van der Waals surface area contributed by atoms with Crippen LogP contribution >= 0.6 is 11.6 Å². The van der Waals surface area contributed by atoms with Gasteiger partial charge in [-0.15, -0.1) is 0 Å². The summed E-state index contributed by atoms with van der Waals surface area (Å²) in [5, 5.41) is 4.40. The summed E-state index contributed by atoms with van der Waals surface area (Å²) in [4.78, 5) is 27.6. The van der Waals surface area contributed by atoms with Crippen molar-refractivity contribution in [3.8, 4) is 0 Å². The number of para-hydroxylation sites is 1. The number of carbonyl (C=O) groups excluding carboxylic acids is 2. The molecule has 0 aliphatic heterocycles. The summed E-state index contributed by atoms with van der Waals surface area (Å²) in [6, 6.07) is 10.6. The number of amides is 2. The number of nitrogens with one attached hydrogen (secondary N) is 3. The molecule has 10 heteroatoms. The number of carbonyl (C=O) groups is 2. The van der Waals surface area contributed by atoms with Crippen LogP contribution in [0.25, 0.3) is 10.9 Å². The van der Waals surface area contributed by atoms with Gasteiger partial charge < -0.3 is 20.4 Å². The van der Waals surface area contributed by atoms with Crippen LogP contribution in [0.2, 0.25) is 5.02 Å². The molecule has 2 aromatic carbocycles. The third-order valence-corrected chi connectivity index (χ3v) is 4.53. The highest BCUT2D eigenvalue weighted by Gasteiger charge is 2.65. The van der Waals surface area contributed by atoms with Gasteiger partial charge in [0.15, 0.2) is 0 Å². The Balaban J connectivity index is 2.10. The number of aromatic nitrogens is 1. The van der Waals surface area contributed by atoms with E-state index in [4.69, 9.17) is 11.6 Å². The van der Waals surface area contributed by atoms with Gasteiger partial charge in [0.25, 0.3) is 5.54 Å². The SMILES string of the molecule is COC(=O)C(NC(=O)Nc1cccc(Cl)c1)(c1c[nH]c2ccccc12)C(F)(F)F. The summed E-state index contributed by atoms with van der Waals surface area (Å²) >= 11 is 5.82. The number of aromatic amines is 1. The first-order chi connectivity index (χ1) is 13.7. The molecule has 152 valence electrons. The number of esters is 1. The molecule has 0 saturated carbocycles. The van der Waals surface area contributed by atoms with Gasteiger partial charge in [0.05, 0.1) is 7.11 Å². The predicted molar refractivity (Wildman–Crippen MR) is 102 cm³/mol. The fourth-order valence-corrected chi connectivity index (χ4v) is 3.19. The number of benzene rings is 2. The van der Waals surface area contributed by atoms with Gasteiger partial charge in [0.1, 0.15) is 0 Å². The minimum atomic E-state index is -5.21. The zero-order chi connectivity index (χ0) is 21.2. The molecule has 0 fully saturated rings. The maximum atomic E-state index is 14.3. The lowest BCUT2D eigenvalue weighted by Crippen LogP contribution is -2.62. The molecule has 0 saturated heterocycles. The Hall–Kier alpha value is -3.20. The van der Waals surface area contributed by atoms with Gasteiger partial charge in [-0.3, -0.25) is 0 Å². The van der Waals surface area contributed by atoms with Gasteiger partial charge in [0, 0.05) is 33.4 Å². The first-order valence-electron chi connectivity index (χ1n) is 8.25. The van der Waals surface area contributed by atoms with Crippen LogP contribution in [-0.2, 0) is 15.1 Å². The van der Waals surface area contributed by atoms with Crippen LogP contribution in [0.15, 0.2) is 54.7 Å². The van der Waals surface area contributed by atoms with Crippen molar-refractivity contribution in [3.05, 3.63) is 65.3 Å². The van der Waals surface area contributed by atoms with E-state index in [0.717, 1.165) is 13.3 Å². The minimum Gasteiger partial charge on any atom is -0.467 e. The van der Waals surface area contributed by atoms with Gasteiger partial charge in [-0.25, -0.2) is 9.59 Å². The van der Waals surface area contributed by atoms with E-state index in [1.807, 2.05) is 0 Å². The predicted octanol–water partition coefficient (Wildman–Crippen LogP) is 4.57. The second kappa shape index (κ2) is 7.67. The summed E-state index contributed by atoms with van der Waals surface area (Å²) in [6.45, 7) is 0. The van der Waals surface area contributed by atoms with Crippen LogP contribution in [0.5, 0.6) is 0 Å². The van der Waals surface area contributed by atoms with Crippen molar-refractivity contribution >= 4 is 40.2 Å². The lowest BCUT2D eigenvalue weighted by atomic mass is 9.88. The molecule has 1 heterocycles. The Bertz CT molecular complexity index is 1070. The summed E-state index contributed by atoms with van der Waals surface area (Å²) in [5.41, 5.74) is -3.43. The second-order valence-corrected chi connectivity index (χ2v) is 6.51. The summed E-state index contributed by atoms with van der Waals surface area (Å²) in [6.07, 6.45) is -4.19. The summed E-state index contributed by atoms with van der Waals surface area (Å²) < 4.78 is 47.3. The van der Waals surface area contributed by atoms with Crippen LogP contribution in [0, 0.1) is 0 Å². The smallest absolute Gasteiger partial charge is 0.426 e. The molecule has 6 nitrogen and oxygen atoms in total. The Morgan fingerprint density at radius 3 is 2.48 bits per heavy atom. The van der Waals surface area contributed by atoms with Gasteiger partial charge >= 0.3 is 18.2 Å². The highest BCUT2D eigenvalue weighted by Crippen LogP contribution is 2.43. The molecule has 0 aliphatic rings. The van der Waals surface area contributed by atoms with Crippen molar-refractivity contribution in [2.75, 3.05) is 12.4 Å². The summed E-state index contributed by atoms with van der Waals surface area (Å²) in [5.74, 6) is -1.68. The topological polar surface area (TPSA) is 83.2 Å². The normalized spacial score (nSPS) is 13.6. The number of rotatable bonds is 4. The average Bonchev–Trinajstić information content (AvgIpc) is 3.09. The van der Waals surface area contributed by atoms with E-state index in [1.165, 1.54) is 36.4 Å². The maximum absolute atomic E-state index is 14.3. The van der Waals surface area contributed by atoms with E-state index in [1.54, 1.807) is 17.4 Å². The minimum absolute atomic E-state index is 0.110. The number of halogens is 4. The van der Waals surface area contributed by atoms with Crippen LogP contribution in [0.4, 0.5) is 23.7 Å². The quantitative estimate of drug-likeness (QED) is 0.535. The fourth-order valence-electron chi connectivity index (χ4n) is 3.00. The van der Waals surface area contributed by atoms with Gasteiger partial charge in [-0.05, 0) is 24.3 Å². The van der Waals surface area contributed by atoms with E-state index < -0.39 is 29.3 Å². The molecular formula is C19H15ClF3N3O3. The molecule has 1 unspecified atom stereocenters. The van der Waals surface area contributed by atoms with E-state index in [2.05, 4.69) is 15.0 Å². The molecule has 3 rings (SSSR count). The van der Waals surface area contributed by atoms with Crippen LogP contribution in [0.3, 0.4) is 0 Å². The Morgan fingerprint density at radius 2 is 1.83 bits per heavy atom. The highest BCUT2D eigenvalue weighted by atomic mass is 35.5. The largest absolute Gasteiger partial charge is 0.467 e. The van der Waals surface area contributed by atoms with Crippen molar-refractivity contribution in [1.29, 1.82) is 0 Å². The number of anilines is 1. The molecule has 29 heavy (non-hydrogen) atoms. The number of urea groups is 1. The fraction of sp³-hybridized carbons (Fsp3) is 0.158. The molecule has 0 aliphatic carbocycles. The highest BCUT2D eigenvalue weighted by molar-refractivity contribution is 6.30. The number of methoxy groups -OCH3 is 1. The number of alkyl halides is 3. The molecule has 2 amide bonds. The third kappa shape index (κ3) is 3.73. The molecule has 3 aromatic rings. The van der Waals surface area contributed by atoms with Crippen molar-refractivity contribution in [1.82, 2.24) is 10.3 Å². The molecule has 0 bridgehead atoms. The third-order valence-electron chi connectivity index (χ3n) is 4.29. The van der Waals surface area contributed by atoms with Crippen LogP contribution < -0.4 is 10.6 Å². The average molecular weight is 426 g/mol. The van der Waals surface area contributed by atoms with Gasteiger partial charge in [-0.1, -0.05) is 35.9 Å². The van der Waals surface area contributed by atoms with Crippen molar-refractivity contribution in [2.24, 2.45) is 0 Å². The van der Waals surface area contributed by atoms with E-state index in [9.17, 15) is 22.8 Å². The zero-order valence-electron chi connectivity index (χ0n) is 14.9. The zero-order valence-corrected chi connectivity index (χ0v) is 15.7. The lowest BCUT2D eigenvalue weighted by molar-refractivity contribution is -0.212. The van der Waals surface area contributed by atoms with Crippen LogP contribution in [0.1, 0.15) is 5.56 Å². The Kier molecular flexibility index (Phi) is 5.43. The van der Waals surface area contributed by atoms with Crippen LogP contribution in [-0.4, -0.2) is 30.3 Å². The standard InChI is InChI=1S/C19H15ClF3N3O3/c1-29-16(27)18(19(21,22)23,14-10-24-15-8-3-2-7-13(14)15)26-17(28)25-12-6-4-5-11(20)9-12/h2-10,24H,1H3,(H2,25,26,28). The monoisotopic (exact) mass is 425 g/mol. The molecule has 3 N–H and O–H groups in total. The number of H-pyrrole nitrogens is 1. The van der Waals surface area contributed by atoms with Crippen molar-refractivity contribution < 1.29 is 27.5 Å². The van der Waals surface area contributed by atoms with E-state index in [-0.39, 0.29) is 16.1 Å². The van der Waals surface area contributed by atoms with E-state index in [0.29, 0.717) is 5.52 Å². The van der Waals surface area contributed by atoms with Crippen molar-refractivity contribution in [2.45, 2.75) is 11.7 Å². The molecule has 1 atom stereocenters. The first kappa shape index (κ1) is 20.5. The molecular weight excluding hydrogens is 411 g/mol. The van der Waals surface area contributed by atoms with Gasteiger partial charge in [-0.2, -0.15) is 13.2 Å². The molecule has 0 radical (unpaired) electrons. The first-order valence-corrected chi connectivity index (χ1v) is 8.63. The second-order valence-electron chi connectivity index (χ2n) is 6.08. The Morgan fingerprint density at radius 1 is 1.10 bits per heavy atom. The van der Waals surface area contributed by atoms with Gasteiger partial charge in [0.2, 0.25) is 0 Å². The number of hydrogen-bond acceptors (Lipinski definition) is 3. The molecule has 1 aromatic heterocycles. The maximum Gasteiger partial charge on any atom is 0.426 e. The Labute approximate surface area is 168 Å². The van der Waals surface area contributed by atoms with E-state index >= 15 is 0 Å². The number of ether oxygens (including phenoxy) is 1. The number of fused-ring (bicyclic) bond motifs is 1. The molecule has 0 spiro atoms. The summed E-state index contributed by atoms with van der Waals surface area (Å²) in [7, 11) is 0.814. The van der Waals surface area contributed by atoms with Crippen molar-refractivity contribution in [3.63, 3.8) is 0 Å².